The number of nitrogens with one attached hydrogen (secondary N) is 1. The minimum atomic E-state index is -3.02. The lowest BCUT2D eigenvalue weighted by Gasteiger charge is -2.11. The highest BCUT2D eigenvalue weighted by Crippen LogP contribution is 2.22. The zero-order chi connectivity index (χ0) is 18.3. The molecular weight excluding hydrogens is 350 g/mol. The van der Waals surface area contributed by atoms with Crippen molar-refractivity contribution in [3.05, 3.63) is 59.9 Å². The van der Waals surface area contributed by atoms with E-state index in [4.69, 9.17) is 0 Å². The molecule has 0 bridgehead atoms. The molecule has 1 amide bonds. The first kappa shape index (κ1) is 16.8. The highest BCUT2D eigenvalue weighted by atomic mass is 32.2. The van der Waals surface area contributed by atoms with Gasteiger partial charge >= 0.3 is 0 Å². The molecule has 1 N–H and O–H groups in total. The van der Waals surface area contributed by atoms with Gasteiger partial charge in [0.25, 0.3) is 5.91 Å². The molecule has 0 unspecified atom stereocenters. The fourth-order valence-corrected chi connectivity index (χ4v) is 5.10. The summed E-state index contributed by atoms with van der Waals surface area (Å²) in [7, 11) is -3.02. The van der Waals surface area contributed by atoms with Gasteiger partial charge in [-0.05, 0) is 43.7 Å². The molecule has 1 aromatic heterocycles. The molecular formula is C19H19N3O3S. The smallest absolute Gasteiger partial charge is 0.251 e. The van der Waals surface area contributed by atoms with E-state index in [9.17, 15) is 13.2 Å². The van der Waals surface area contributed by atoms with Crippen LogP contribution in [-0.4, -0.2) is 41.4 Å². The highest BCUT2D eigenvalue weighted by molar-refractivity contribution is 7.91. The lowest BCUT2D eigenvalue weighted by molar-refractivity contribution is 0.0941. The molecule has 1 atom stereocenters. The zero-order valence-corrected chi connectivity index (χ0v) is 15.2. The van der Waals surface area contributed by atoms with Gasteiger partial charge in [0.2, 0.25) is 0 Å². The number of imidazole rings is 1. The lowest BCUT2D eigenvalue weighted by atomic mass is 10.1. The number of fused-ring (bicyclic) bond motifs is 1. The number of rotatable bonds is 3. The van der Waals surface area contributed by atoms with Crippen LogP contribution >= 0.6 is 0 Å². The van der Waals surface area contributed by atoms with Crippen molar-refractivity contribution < 1.29 is 13.2 Å². The fraction of sp³-hybridized carbons (Fsp3) is 0.263. The third kappa shape index (κ3) is 3.10. The Balaban J connectivity index is 1.63. The van der Waals surface area contributed by atoms with Crippen molar-refractivity contribution in [1.82, 2.24) is 14.9 Å². The second kappa shape index (κ2) is 6.25. The van der Waals surface area contributed by atoms with Gasteiger partial charge in [0.1, 0.15) is 5.82 Å². The largest absolute Gasteiger partial charge is 0.348 e. The van der Waals surface area contributed by atoms with E-state index in [0.29, 0.717) is 12.0 Å². The highest BCUT2D eigenvalue weighted by Gasteiger charge is 2.29. The first-order valence-corrected chi connectivity index (χ1v) is 10.3. The molecule has 0 aliphatic carbocycles. The predicted octanol–water partition coefficient (Wildman–Crippen LogP) is 2.25. The van der Waals surface area contributed by atoms with Crippen LogP contribution in [0.3, 0.4) is 0 Å². The van der Waals surface area contributed by atoms with E-state index in [1.54, 1.807) is 12.1 Å². The summed E-state index contributed by atoms with van der Waals surface area (Å²) in [6, 6.07) is 15.0. The monoisotopic (exact) mass is 369 g/mol. The van der Waals surface area contributed by atoms with Gasteiger partial charge in [0.15, 0.2) is 9.84 Å². The molecule has 1 aliphatic heterocycles. The van der Waals surface area contributed by atoms with E-state index in [-0.39, 0.29) is 23.5 Å². The number of para-hydroxylation sites is 1. The molecule has 1 fully saturated rings. The lowest BCUT2D eigenvalue weighted by Crippen LogP contribution is -2.35. The Bertz CT molecular complexity index is 1090. The topological polar surface area (TPSA) is 81.1 Å². The van der Waals surface area contributed by atoms with Crippen LogP contribution in [0.4, 0.5) is 0 Å². The maximum absolute atomic E-state index is 12.5. The van der Waals surface area contributed by atoms with Gasteiger partial charge in [0, 0.05) is 17.3 Å². The van der Waals surface area contributed by atoms with Crippen LogP contribution in [0.15, 0.2) is 48.5 Å². The van der Waals surface area contributed by atoms with E-state index >= 15 is 0 Å². The van der Waals surface area contributed by atoms with Gasteiger partial charge < -0.3 is 5.32 Å². The Morgan fingerprint density at radius 2 is 1.96 bits per heavy atom. The number of sulfone groups is 1. The van der Waals surface area contributed by atoms with E-state index in [1.807, 2.05) is 47.9 Å². The summed E-state index contributed by atoms with van der Waals surface area (Å²) >= 11 is 0. The Morgan fingerprint density at radius 3 is 2.65 bits per heavy atom. The second-order valence-corrected chi connectivity index (χ2v) is 8.84. The van der Waals surface area contributed by atoms with Crippen molar-refractivity contribution >= 4 is 26.8 Å². The number of carbonyl (C=O) groups is 1. The summed E-state index contributed by atoms with van der Waals surface area (Å²) in [6.07, 6.45) is 0.470. The first-order valence-electron chi connectivity index (χ1n) is 8.49. The molecule has 0 saturated carbocycles. The summed E-state index contributed by atoms with van der Waals surface area (Å²) in [6.45, 7) is 1.93. The van der Waals surface area contributed by atoms with Crippen LogP contribution < -0.4 is 5.32 Å². The van der Waals surface area contributed by atoms with Crippen molar-refractivity contribution in [3.8, 4) is 5.69 Å². The minimum Gasteiger partial charge on any atom is -0.348 e. The number of nitrogens with zero attached hydrogens (tertiary/aromatic N) is 2. The third-order valence-electron chi connectivity index (χ3n) is 4.67. The average molecular weight is 369 g/mol. The number of amides is 1. The van der Waals surface area contributed by atoms with Gasteiger partial charge in [-0.1, -0.05) is 18.2 Å². The van der Waals surface area contributed by atoms with Crippen molar-refractivity contribution in [3.63, 3.8) is 0 Å². The SMILES string of the molecule is Cc1nc2cc(C(=O)N[C@H]3CCS(=O)(=O)C3)ccc2n1-c1ccccc1. The van der Waals surface area contributed by atoms with E-state index < -0.39 is 9.84 Å². The summed E-state index contributed by atoms with van der Waals surface area (Å²) in [5.41, 5.74) is 3.16. The van der Waals surface area contributed by atoms with Crippen LogP contribution in [0.25, 0.3) is 16.7 Å². The van der Waals surface area contributed by atoms with Gasteiger partial charge in [-0.25, -0.2) is 13.4 Å². The summed E-state index contributed by atoms with van der Waals surface area (Å²) in [5, 5.41) is 2.82. The van der Waals surface area contributed by atoms with Gasteiger partial charge in [-0.15, -0.1) is 0 Å². The van der Waals surface area contributed by atoms with Crippen LogP contribution in [0.5, 0.6) is 0 Å². The number of hydrogen-bond acceptors (Lipinski definition) is 4. The van der Waals surface area contributed by atoms with Crippen LogP contribution in [0.1, 0.15) is 22.6 Å². The molecule has 2 aromatic carbocycles. The van der Waals surface area contributed by atoms with Crippen molar-refractivity contribution in [1.29, 1.82) is 0 Å². The molecule has 4 rings (SSSR count). The van der Waals surface area contributed by atoms with Crippen molar-refractivity contribution in [2.24, 2.45) is 0 Å². The Hall–Kier alpha value is -2.67. The predicted molar refractivity (Wildman–Crippen MR) is 100 cm³/mol. The molecule has 0 spiro atoms. The van der Waals surface area contributed by atoms with E-state index in [0.717, 1.165) is 22.5 Å². The molecule has 3 aromatic rings. The maximum Gasteiger partial charge on any atom is 0.251 e. The molecule has 6 nitrogen and oxygen atoms in total. The first-order chi connectivity index (χ1) is 12.4. The van der Waals surface area contributed by atoms with Crippen molar-refractivity contribution in [2.75, 3.05) is 11.5 Å². The van der Waals surface area contributed by atoms with Gasteiger partial charge in [0.05, 0.1) is 22.5 Å². The van der Waals surface area contributed by atoms with Crippen LogP contribution in [-0.2, 0) is 9.84 Å². The maximum atomic E-state index is 12.5. The standard InChI is InChI=1S/C19H19N3O3S/c1-13-20-17-11-14(19(23)21-15-9-10-26(24,25)12-15)7-8-18(17)22(13)16-5-3-2-4-6-16/h2-8,11,15H,9-10,12H2,1H3,(H,21,23)/t15-/m0/s1. The molecule has 0 radical (unpaired) electrons. The number of aryl methyl sites for hydroxylation is 1. The van der Waals surface area contributed by atoms with E-state index in [1.165, 1.54) is 0 Å². The van der Waals surface area contributed by atoms with Crippen LogP contribution in [0.2, 0.25) is 0 Å². The zero-order valence-electron chi connectivity index (χ0n) is 14.3. The second-order valence-electron chi connectivity index (χ2n) is 6.61. The number of hydrogen-bond donors (Lipinski definition) is 1. The quantitative estimate of drug-likeness (QED) is 0.768. The summed E-state index contributed by atoms with van der Waals surface area (Å²) < 4.78 is 25.1. The van der Waals surface area contributed by atoms with Crippen LogP contribution in [0, 0.1) is 6.92 Å². The summed E-state index contributed by atoms with van der Waals surface area (Å²) in [5.74, 6) is 0.729. The molecule has 26 heavy (non-hydrogen) atoms. The molecule has 1 aliphatic rings. The molecule has 134 valence electrons. The van der Waals surface area contributed by atoms with E-state index in [2.05, 4.69) is 10.3 Å². The summed E-state index contributed by atoms with van der Waals surface area (Å²) in [4.78, 5) is 17.1. The number of aromatic nitrogens is 2. The minimum absolute atomic E-state index is 0.0166. The fourth-order valence-electron chi connectivity index (χ4n) is 3.42. The molecule has 7 heteroatoms. The van der Waals surface area contributed by atoms with Gasteiger partial charge in [-0.2, -0.15) is 0 Å². The number of carbonyl (C=O) groups excluding carboxylic acids is 1. The normalized spacial score (nSPS) is 18.9. The van der Waals surface area contributed by atoms with Gasteiger partial charge in [-0.3, -0.25) is 9.36 Å². The van der Waals surface area contributed by atoms with Crippen molar-refractivity contribution in [2.45, 2.75) is 19.4 Å². The number of benzene rings is 2. The Morgan fingerprint density at radius 1 is 1.19 bits per heavy atom. The molecule has 2 heterocycles. The Kier molecular flexibility index (Phi) is 4.03. The molecule has 1 saturated heterocycles. The Labute approximate surface area is 151 Å². The average Bonchev–Trinajstić information content (AvgIpc) is 3.12. The third-order valence-corrected chi connectivity index (χ3v) is 6.43.